The van der Waals surface area contributed by atoms with Crippen LogP contribution in [0.15, 0.2) is 23.7 Å². The van der Waals surface area contributed by atoms with E-state index in [2.05, 4.69) is 42.5 Å². The standard InChI is InChI=1S/C26H39N5OS/c32-26(21-6-4-16-31(20-21)25-23-10-19-33-24(23)7-12-27-25)28-11-5-13-29-17-8-22(9-18-29)30-14-2-1-3-15-30/h7,10,12,19,21-22H,1-6,8-9,11,13-18,20H2,(H,28,32)/t21-/m1/s1. The highest BCUT2D eigenvalue weighted by molar-refractivity contribution is 7.17. The van der Waals surface area contributed by atoms with E-state index in [1.54, 1.807) is 11.3 Å². The molecule has 0 aromatic carbocycles. The van der Waals surface area contributed by atoms with E-state index in [-0.39, 0.29) is 11.8 Å². The van der Waals surface area contributed by atoms with Gasteiger partial charge in [-0.05, 0) is 95.2 Å². The van der Waals surface area contributed by atoms with Gasteiger partial charge in [-0.25, -0.2) is 4.98 Å². The highest BCUT2D eigenvalue weighted by Crippen LogP contribution is 2.31. The lowest BCUT2D eigenvalue weighted by Crippen LogP contribution is -2.47. The Morgan fingerprint density at radius 3 is 2.73 bits per heavy atom. The number of piperidine rings is 3. The second kappa shape index (κ2) is 11.2. The van der Waals surface area contributed by atoms with Crippen molar-refractivity contribution in [2.24, 2.45) is 5.92 Å². The van der Waals surface area contributed by atoms with E-state index >= 15 is 0 Å². The Kier molecular flexibility index (Phi) is 7.79. The van der Waals surface area contributed by atoms with Crippen molar-refractivity contribution in [1.29, 1.82) is 0 Å². The van der Waals surface area contributed by atoms with Gasteiger partial charge in [-0.3, -0.25) is 4.79 Å². The number of thiophene rings is 1. The first-order valence-electron chi connectivity index (χ1n) is 13.1. The molecule has 2 aromatic rings. The van der Waals surface area contributed by atoms with Crippen LogP contribution in [-0.4, -0.2) is 79.1 Å². The van der Waals surface area contributed by atoms with Crippen molar-refractivity contribution in [3.05, 3.63) is 23.7 Å². The molecule has 2 aromatic heterocycles. The molecule has 1 amide bonds. The summed E-state index contributed by atoms with van der Waals surface area (Å²) in [7, 11) is 0. The van der Waals surface area contributed by atoms with Crippen molar-refractivity contribution in [2.45, 2.75) is 57.4 Å². The molecule has 0 radical (unpaired) electrons. The van der Waals surface area contributed by atoms with Crippen LogP contribution in [0.5, 0.6) is 0 Å². The van der Waals surface area contributed by atoms with Gasteiger partial charge in [-0.15, -0.1) is 11.3 Å². The Balaban J connectivity index is 1.02. The zero-order valence-electron chi connectivity index (χ0n) is 19.9. The number of anilines is 1. The van der Waals surface area contributed by atoms with E-state index in [0.717, 1.165) is 57.3 Å². The summed E-state index contributed by atoms with van der Waals surface area (Å²) < 4.78 is 1.27. The van der Waals surface area contributed by atoms with Gasteiger partial charge >= 0.3 is 0 Å². The molecule has 33 heavy (non-hydrogen) atoms. The molecule has 5 heterocycles. The Bertz CT molecular complexity index is 903. The van der Waals surface area contributed by atoms with E-state index < -0.39 is 0 Å². The van der Waals surface area contributed by atoms with Crippen molar-refractivity contribution in [3.63, 3.8) is 0 Å². The zero-order chi connectivity index (χ0) is 22.5. The lowest BCUT2D eigenvalue weighted by Gasteiger charge is -2.40. The minimum absolute atomic E-state index is 0.0646. The molecule has 3 aliphatic rings. The quantitative estimate of drug-likeness (QED) is 0.622. The van der Waals surface area contributed by atoms with Crippen molar-refractivity contribution in [1.82, 2.24) is 20.1 Å². The van der Waals surface area contributed by atoms with Crippen LogP contribution in [-0.2, 0) is 4.79 Å². The molecular formula is C26H39N5OS. The van der Waals surface area contributed by atoms with E-state index in [4.69, 9.17) is 0 Å². The minimum Gasteiger partial charge on any atom is -0.356 e. The molecule has 7 heteroatoms. The van der Waals surface area contributed by atoms with Crippen molar-refractivity contribution in [3.8, 4) is 0 Å². The minimum atomic E-state index is 0.0646. The third-order valence-electron chi connectivity index (χ3n) is 7.87. The fraction of sp³-hybridized carbons (Fsp3) is 0.692. The average molecular weight is 470 g/mol. The van der Waals surface area contributed by atoms with Gasteiger partial charge in [0, 0.05) is 42.0 Å². The average Bonchev–Trinajstić information content (AvgIpc) is 3.37. The number of carbonyl (C=O) groups is 1. The molecule has 180 valence electrons. The van der Waals surface area contributed by atoms with Crippen LogP contribution in [0.1, 0.15) is 51.4 Å². The van der Waals surface area contributed by atoms with Crippen LogP contribution in [0.25, 0.3) is 10.1 Å². The second-order valence-electron chi connectivity index (χ2n) is 10.1. The van der Waals surface area contributed by atoms with Crippen molar-refractivity contribution < 1.29 is 4.79 Å². The number of carbonyl (C=O) groups excluding carboxylic acids is 1. The first-order chi connectivity index (χ1) is 16.3. The number of rotatable bonds is 7. The molecule has 1 N–H and O–H groups in total. The van der Waals surface area contributed by atoms with Crippen LogP contribution < -0.4 is 10.2 Å². The number of amides is 1. The van der Waals surface area contributed by atoms with Gasteiger partial charge in [-0.1, -0.05) is 6.42 Å². The summed E-state index contributed by atoms with van der Waals surface area (Å²) in [5.41, 5.74) is 0. The third-order valence-corrected chi connectivity index (χ3v) is 8.75. The number of pyridine rings is 1. The van der Waals surface area contributed by atoms with E-state index in [9.17, 15) is 4.79 Å². The number of nitrogens with one attached hydrogen (secondary N) is 1. The molecule has 3 aliphatic heterocycles. The molecule has 0 saturated carbocycles. The summed E-state index contributed by atoms with van der Waals surface area (Å²) in [4.78, 5) is 25.2. The SMILES string of the molecule is O=C(NCCCN1CCC(N2CCCCC2)CC1)[C@@H]1CCCN(c2nccc3sccc23)C1. The summed E-state index contributed by atoms with van der Waals surface area (Å²) in [6.45, 7) is 8.72. The number of hydrogen-bond donors (Lipinski definition) is 1. The van der Waals surface area contributed by atoms with Crippen LogP contribution >= 0.6 is 11.3 Å². The summed E-state index contributed by atoms with van der Waals surface area (Å²) in [5, 5.41) is 6.58. The lowest BCUT2D eigenvalue weighted by molar-refractivity contribution is -0.125. The van der Waals surface area contributed by atoms with Crippen LogP contribution in [0.4, 0.5) is 5.82 Å². The molecule has 6 nitrogen and oxygen atoms in total. The number of nitrogens with zero attached hydrogens (tertiary/aromatic N) is 4. The highest BCUT2D eigenvalue weighted by atomic mass is 32.1. The molecule has 0 bridgehead atoms. The van der Waals surface area contributed by atoms with Gasteiger partial charge in [0.15, 0.2) is 0 Å². The summed E-state index contributed by atoms with van der Waals surface area (Å²) in [6.07, 6.45) is 11.8. The Hall–Kier alpha value is -1.70. The highest BCUT2D eigenvalue weighted by Gasteiger charge is 2.28. The van der Waals surface area contributed by atoms with E-state index in [0.29, 0.717) is 0 Å². The molecule has 0 spiro atoms. The lowest BCUT2D eigenvalue weighted by atomic mass is 9.97. The summed E-state index contributed by atoms with van der Waals surface area (Å²) in [5.74, 6) is 1.33. The smallest absolute Gasteiger partial charge is 0.224 e. The Morgan fingerprint density at radius 2 is 1.88 bits per heavy atom. The monoisotopic (exact) mass is 469 g/mol. The fourth-order valence-corrected chi connectivity index (χ4v) is 6.74. The maximum Gasteiger partial charge on any atom is 0.224 e. The van der Waals surface area contributed by atoms with Crippen LogP contribution in [0.3, 0.4) is 0 Å². The Labute approximate surface area is 202 Å². The predicted molar refractivity (Wildman–Crippen MR) is 137 cm³/mol. The first kappa shape index (κ1) is 23.1. The molecular weight excluding hydrogens is 430 g/mol. The largest absolute Gasteiger partial charge is 0.356 e. The molecule has 3 fully saturated rings. The Morgan fingerprint density at radius 1 is 1.03 bits per heavy atom. The van der Waals surface area contributed by atoms with E-state index in [1.165, 1.54) is 68.4 Å². The maximum absolute atomic E-state index is 12.9. The van der Waals surface area contributed by atoms with Gasteiger partial charge in [0.25, 0.3) is 0 Å². The van der Waals surface area contributed by atoms with Crippen molar-refractivity contribution in [2.75, 3.05) is 57.3 Å². The number of likely N-dealkylation sites (tertiary alicyclic amines) is 2. The molecule has 0 aliphatic carbocycles. The summed E-state index contributed by atoms with van der Waals surface area (Å²) >= 11 is 1.75. The van der Waals surface area contributed by atoms with Gasteiger partial charge in [-0.2, -0.15) is 0 Å². The number of aromatic nitrogens is 1. The van der Waals surface area contributed by atoms with Gasteiger partial charge in [0.05, 0.1) is 5.92 Å². The molecule has 0 unspecified atom stereocenters. The molecule has 1 atom stereocenters. The zero-order valence-corrected chi connectivity index (χ0v) is 20.7. The molecule has 5 rings (SSSR count). The second-order valence-corrected chi connectivity index (χ2v) is 11.0. The third kappa shape index (κ3) is 5.69. The van der Waals surface area contributed by atoms with Crippen LogP contribution in [0, 0.1) is 5.92 Å². The normalized spacial score (nSPS) is 23.8. The first-order valence-corrected chi connectivity index (χ1v) is 14.0. The number of fused-ring (bicyclic) bond motifs is 1. The fourth-order valence-electron chi connectivity index (χ4n) is 5.97. The van der Waals surface area contributed by atoms with Crippen LogP contribution in [0.2, 0.25) is 0 Å². The topological polar surface area (TPSA) is 51.7 Å². The van der Waals surface area contributed by atoms with Crippen molar-refractivity contribution >= 4 is 33.1 Å². The van der Waals surface area contributed by atoms with E-state index in [1.807, 2.05) is 6.20 Å². The maximum atomic E-state index is 12.9. The number of hydrogen-bond acceptors (Lipinski definition) is 6. The summed E-state index contributed by atoms with van der Waals surface area (Å²) in [6, 6.07) is 5.04. The predicted octanol–water partition coefficient (Wildman–Crippen LogP) is 3.97. The van der Waals surface area contributed by atoms with Gasteiger partial charge < -0.3 is 20.0 Å². The molecule has 3 saturated heterocycles. The van der Waals surface area contributed by atoms with Gasteiger partial charge in [0.1, 0.15) is 5.82 Å². The van der Waals surface area contributed by atoms with Gasteiger partial charge in [0.2, 0.25) is 5.91 Å².